The fraction of sp³-hybridized carbons (Fsp3) is 0.200. The highest BCUT2D eigenvalue weighted by Crippen LogP contribution is 2.35. The lowest BCUT2D eigenvalue weighted by Crippen LogP contribution is -1.95. The van der Waals surface area contributed by atoms with Crippen LogP contribution in [-0.2, 0) is 12.8 Å². The second-order valence-corrected chi connectivity index (χ2v) is 5.94. The molecule has 0 atom stereocenters. The zero-order valence-electron chi connectivity index (χ0n) is 13.2. The van der Waals surface area contributed by atoms with Gasteiger partial charge >= 0.3 is 0 Å². The molecular formula is C20H20N2O. The monoisotopic (exact) mass is 304 g/mol. The minimum Gasteiger partial charge on any atom is -0.457 e. The summed E-state index contributed by atoms with van der Waals surface area (Å²) in [6, 6.07) is 16.4. The summed E-state index contributed by atoms with van der Waals surface area (Å²) in [4.78, 5) is 0. The molecule has 0 fully saturated rings. The van der Waals surface area contributed by atoms with Crippen molar-refractivity contribution >= 4 is 22.1 Å². The van der Waals surface area contributed by atoms with Crippen LogP contribution in [0.5, 0.6) is 11.5 Å². The van der Waals surface area contributed by atoms with Crippen LogP contribution in [-0.4, -0.2) is 6.54 Å². The molecule has 0 radical (unpaired) electrons. The van der Waals surface area contributed by atoms with Crippen molar-refractivity contribution in [2.75, 3.05) is 17.6 Å². The Morgan fingerprint density at radius 3 is 2.87 bits per heavy atom. The molecule has 3 aromatic carbocycles. The standard InChI is InChI=1S/C20H20N2O/c1-2-15-16-4-3-5-20(17(16)8-9-18(15)21)23-14-7-6-13-10-11-22-19(13)12-14/h3-9,12,22H,2,10-11,21H2,1H3. The first kappa shape index (κ1) is 13.9. The zero-order chi connectivity index (χ0) is 15.8. The molecule has 0 amide bonds. The van der Waals surface area contributed by atoms with Gasteiger partial charge in [-0.1, -0.05) is 25.1 Å². The average molecular weight is 304 g/mol. The van der Waals surface area contributed by atoms with Crippen LogP contribution in [0, 0.1) is 0 Å². The maximum absolute atomic E-state index is 6.18. The Hall–Kier alpha value is -2.68. The van der Waals surface area contributed by atoms with Crippen LogP contribution < -0.4 is 15.8 Å². The third kappa shape index (κ3) is 2.38. The minimum atomic E-state index is 0.846. The van der Waals surface area contributed by atoms with Crippen LogP contribution in [0.25, 0.3) is 10.8 Å². The summed E-state index contributed by atoms with van der Waals surface area (Å²) >= 11 is 0. The molecule has 0 bridgehead atoms. The summed E-state index contributed by atoms with van der Waals surface area (Å²) in [5, 5.41) is 5.67. The van der Waals surface area contributed by atoms with Gasteiger partial charge in [-0.3, -0.25) is 0 Å². The van der Waals surface area contributed by atoms with Crippen molar-refractivity contribution in [3.8, 4) is 11.5 Å². The molecule has 0 aromatic heterocycles. The van der Waals surface area contributed by atoms with Gasteiger partial charge in [-0.25, -0.2) is 0 Å². The molecule has 1 aliphatic rings. The summed E-state index contributed by atoms with van der Waals surface area (Å²) in [5.74, 6) is 1.73. The summed E-state index contributed by atoms with van der Waals surface area (Å²) in [6.07, 6.45) is 2.00. The van der Waals surface area contributed by atoms with Crippen LogP contribution in [0.1, 0.15) is 18.1 Å². The third-order valence-electron chi connectivity index (χ3n) is 4.54. The first-order valence-corrected chi connectivity index (χ1v) is 8.11. The van der Waals surface area contributed by atoms with Gasteiger partial charge in [0.2, 0.25) is 0 Å². The van der Waals surface area contributed by atoms with Crippen LogP contribution in [0.4, 0.5) is 11.4 Å². The van der Waals surface area contributed by atoms with Gasteiger partial charge in [-0.05, 0) is 53.6 Å². The second kappa shape index (κ2) is 5.51. The van der Waals surface area contributed by atoms with Gasteiger partial charge in [0, 0.05) is 29.4 Å². The first-order valence-electron chi connectivity index (χ1n) is 8.11. The van der Waals surface area contributed by atoms with E-state index in [0.29, 0.717) is 0 Å². The van der Waals surface area contributed by atoms with E-state index in [1.807, 2.05) is 30.3 Å². The number of rotatable bonds is 3. The molecule has 0 unspecified atom stereocenters. The Morgan fingerprint density at radius 1 is 1.09 bits per heavy atom. The number of nitrogens with two attached hydrogens (primary N) is 1. The lowest BCUT2D eigenvalue weighted by molar-refractivity contribution is 0.488. The van der Waals surface area contributed by atoms with E-state index in [1.54, 1.807) is 0 Å². The summed E-state index contributed by atoms with van der Waals surface area (Å²) < 4.78 is 6.18. The zero-order valence-corrected chi connectivity index (χ0v) is 13.2. The van der Waals surface area contributed by atoms with E-state index in [0.717, 1.165) is 42.0 Å². The van der Waals surface area contributed by atoms with E-state index < -0.39 is 0 Å². The number of hydrogen-bond donors (Lipinski definition) is 2. The van der Waals surface area contributed by atoms with Crippen LogP contribution in [0.3, 0.4) is 0 Å². The van der Waals surface area contributed by atoms with Crippen LogP contribution >= 0.6 is 0 Å². The fourth-order valence-electron chi connectivity index (χ4n) is 3.35. The summed E-state index contributed by atoms with van der Waals surface area (Å²) in [7, 11) is 0. The maximum atomic E-state index is 6.18. The van der Waals surface area contributed by atoms with Gasteiger partial charge in [0.15, 0.2) is 0 Å². The Labute approximate surface area is 136 Å². The lowest BCUT2D eigenvalue weighted by Gasteiger charge is -2.13. The quantitative estimate of drug-likeness (QED) is 0.687. The highest BCUT2D eigenvalue weighted by atomic mass is 16.5. The van der Waals surface area contributed by atoms with Crippen molar-refractivity contribution in [2.24, 2.45) is 0 Å². The van der Waals surface area contributed by atoms with E-state index in [1.165, 1.54) is 22.2 Å². The number of anilines is 2. The molecule has 4 rings (SSSR count). The largest absolute Gasteiger partial charge is 0.457 e. The van der Waals surface area contributed by atoms with Crippen LogP contribution in [0.15, 0.2) is 48.5 Å². The van der Waals surface area contributed by atoms with Crippen molar-refractivity contribution < 1.29 is 4.74 Å². The smallest absolute Gasteiger partial charge is 0.135 e. The van der Waals surface area contributed by atoms with Gasteiger partial charge in [-0.15, -0.1) is 0 Å². The molecule has 3 N–H and O–H groups in total. The first-order chi connectivity index (χ1) is 11.3. The molecule has 116 valence electrons. The van der Waals surface area contributed by atoms with Crippen LogP contribution in [0.2, 0.25) is 0 Å². The Balaban J connectivity index is 1.77. The molecular weight excluding hydrogens is 284 g/mol. The second-order valence-electron chi connectivity index (χ2n) is 5.94. The summed E-state index contributed by atoms with van der Waals surface area (Å²) in [6.45, 7) is 3.14. The Morgan fingerprint density at radius 2 is 2.00 bits per heavy atom. The van der Waals surface area contributed by atoms with E-state index in [4.69, 9.17) is 10.5 Å². The number of benzene rings is 3. The molecule has 23 heavy (non-hydrogen) atoms. The molecule has 1 heterocycles. The van der Waals surface area contributed by atoms with E-state index >= 15 is 0 Å². The molecule has 0 saturated carbocycles. The topological polar surface area (TPSA) is 47.3 Å². The van der Waals surface area contributed by atoms with Gasteiger partial charge in [0.05, 0.1) is 0 Å². The van der Waals surface area contributed by atoms with Crippen molar-refractivity contribution in [1.29, 1.82) is 0 Å². The average Bonchev–Trinajstić information content (AvgIpc) is 3.02. The predicted molar refractivity (Wildman–Crippen MR) is 96.4 cm³/mol. The Kier molecular flexibility index (Phi) is 3.34. The number of hydrogen-bond acceptors (Lipinski definition) is 3. The van der Waals surface area contributed by atoms with Gasteiger partial charge < -0.3 is 15.8 Å². The third-order valence-corrected chi connectivity index (χ3v) is 4.54. The highest BCUT2D eigenvalue weighted by Gasteiger charge is 2.12. The number of nitrogens with one attached hydrogen (secondary N) is 1. The Bertz CT molecular complexity index is 886. The fourth-order valence-corrected chi connectivity index (χ4v) is 3.35. The molecule has 0 aliphatic carbocycles. The van der Waals surface area contributed by atoms with Crippen molar-refractivity contribution in [1.82, 2.24) is 0 Å². The molecule has 0 spiro atoms. The highest BCUT2D eigenvalue weighted by molar-refractivity contribution is 5.94. The normalized spacial score (nSPS) is 12.9. The van der Waals surface area contributed by atoms with E-state index in [-0.39, 0.29) is 0 Å². The van der Waals surface area contributed by atoms with Crippen molar-refractivity contribution in [2.45, 2.75) is 19.8 Å². The number of ether oxygens (including phenoxy) is 1. The van der Waals surface area contributed by atoms with Gasteiger partial charge in [-0.2, -0.15) is 0 Å². The molecule has 3 heteroatoms. The predicted octanol–water partition coefficient (Wildman–Crippen LogP) is 4.74. The number of fused-ring (bicyclic) bond motifs is 2. The maximum Gasteiger partial charge on any atom is 0.135 e. The number of aryl methyl sites for hydroxylation is 1. The lowest BCUT2D eigenvalue weighted by atomic mass is 10.0. The van der Waals surface area contributed by atoms with E-state index in [9.17, 15) is 0 Å². The van der Waals surface area contributed by atoms with Gasteiger partial charge in [0.25, 0.3) is 0 Å². The summed E-state index contributed by atoms with van der Waals surface area (Å²) in [5.41, 5.74) is 10.7. The van der Waals surface area contributed by atoms with E-state index in [2.05, 4.69) is 30.4 Å². The van der Waals surface area contributed by atoms with Crippen molar-refractivity contribution in [3.63, 3.8) is 0 Å². The van der Waals surface area contributed by atoms with Gasteiger partial charge in [0.1, 0.15) is 11.5 Å². The number of nitrogen functional groups attached to an aromatic ring is 1. The molecule has 3 nitrogen and oxygen atoms in total. The molecule has 3 aromatic rings. The van der Waals surface area contributed by atoms with Crippen molar-refractivity contribution in [3.05, 3.63) is 59.7 Å². The minimum absolute atomic E-state index is 0.846. The molecule has 0 saturated heterocycles. The SMILES string of the molecule is CCc1c(N)ccc2c(Oc3ccc4c(c3)NCC4)cccc12. The molecule has 1 aliphatic heterocycles.